The van der Waals surface area contributed by atoms with Crippen LogP contribution in [0.4, 0.5) is 0 Å². The van der Waals surface area contributed by atoms with Gasteiger partial charge in [0, 0.05) is 26.9 Å². The number of carbonyl (C=O) groups is 4. The third-order valence-corrected chi connectivity index (χ3v) is 7.79. The summed E-state index contributed by atoms with van der Waals surface area (Å²) >= 11 is 0. The molecule has 0 spiro atoms. The van der Waals surface area contributed by atoms with Gasteiger partial charge in [-0.1, -0.05) is 94.8 Å². The first-order valence-corrected chi connectivity index (χ1v) is 13.8. The molecule has 0 bridgehead atoms. The number of likely N-dealkylation sites (N-methyl/N-ethyl adjacent to an activating group) is 2. The zero-order valence-electron chi connectivity index (χ0n) is 23.9. The molecule has 2 aromatic carbocycles. The number of hydrogen-bond acceptors (Lipinski definition) is 4. The summed E-state index contributed by atoms with van der Waals surface area (Å²) in [5.74, 6) is -1.89. The maximum absolute atomic E-state index is 13.9. The van der Waals surface area contributed by atoms with E-state index < -0.39 is 36.0 Å². The van der Waals surface area contributed by atoms with Crippen molar-refractivity contribution < 1.29 is 19.2 Å². The molecule has 1 aliphatic rings. The van der Waals surface area contributed by atoms with Crippen molar-refractivity contribution >= 4 is 23.6 Å². The fourth-order valence-electron chi connectivity index (χ4n) is 4.93. The number of nitrogens with one attached hydrogen (secondary N) is 2. The Morgan fingerprint density at radius 1 is 0.667 bits per heavy atom. The van der Waals surface area contributed by atoms with Crippen LogP contribution in [0.5, 0.6) is 0 Å². The van der Waals surface area contributed by atoms with Gasteiger partial charge in [-0.2, -0.15) is 0 Å². The van der Waals surface area contributed by atoms with E-state index in [1.165, 1.54) is 9.80 Å². The van der Waals surface area contributed by atoms with Gasteiger partial charge in [-0.15, -0.1) is 0 Å². The van der Waals surface area contributed by atoms with Gasteiger partial charge in [-0.25, -0.2) is 0 Å². The molecule has 2 aromatic rings. The van der Waals surface area contributed by atoms with Crippen LogP contribution >= 0.6 is 0 Å². The van der Waals surface area contributed by atoms with Crippen molar-refractivity contribution in [3.63, 3.8) is 0 Å². The topological polar surface area (TPSA) is 98.8 Å². The van der Waals surface area contributed by atoms with Gasteiger partial charge in [0.05, 0.1) is 0 Å². The SMILES string of the molecule is CC[C@@H](C)[C@H]1NC(=O)[C@@H](Cc2ccccc2)N(C)C(=O)[C@@H](C(C)C)NC(=O)[C@@H](Cc2ccccc2)N(C)C1=O. The summed E-state index contributed by atoms with van der Waals surface area (Å²) in [6.07, 6.45) is 1.21. The van der Waals surface area contributed by atoms with Crippen LogP contribution in [0.25, 0.3) is 0 Å². The molecule has 8 nitrogen and oxygen atoms in total. The van der Waals surface area contributed by atoms with E-state index in [1.54, 1.807) is 14.1 Å². The van der Waals surface area contributed by atoms with Crippen LogP contribution < -0.4 is 10.6 Å². The average Bonchev–Trinajstić information content (AvgIpc) is 2.94. The van der Waals surface area contributed by atoms with E-state index in [9.17, 15) is 19.2 Å². The summed E-state index contributed by atoms with van der Waals surface area (Å²) in [5, 5.41) is 5.91. The lowest BCUT2D eigenvalue weighted by atomic mass is 9.94. The first-order valence-electron chi connectivity index (χ1n) is 13.8. The van der Waals surface area contributed by atoms with Gasteiger partial charge in [-0.05, 0) is 23.0 Å². The Balaban J connectivity index is 2.08. The summed E-state index contributed by atoms with van der Waals surface area (Å²) in [7, 11) is 3.19. The molecular formula is C31H42N4O4. The predicted molar refractivity (Wildman–Crippen MR) is 152 cm³/mol. The van der Waals surface area contributed by atoms with E-state index in [0.29, 0.717) is 6.42 Å². The molecule has 5 atom stereocenters. The molecule has 210 valence electrons. The Kier molecular flexibility index (Phi) is 10.3. The van der Waals surface area contributed by atoms with Crippen LogP contribution in [0.15, 0.2) is 60.7 Å². The van der Waals surface area contributed by atoms with Gasteiger partial charge in [0.25, 0.3) is 0 Å². The van der Waals surface area contributed by atoms with Gasteiger partial charge < -0.3 is 20.4 Å². The van der Waals surface area contributed by atoms with E-state index in [1.807, 2.05) is 88.4 Å². The fraction of sp³-hybridized carbons (Fsp3) is 0.484. The Bertz CT molecular complexity index is 1100. The standard InChI is InChI=1S/C31H42N4O4/c1-7-21(4)27-31(39)35(6)24(18-22-14-10-8-11-15-22)28(36)32-26(20(2)3)30(38)34(5)25(29(37)33-27)19-23-16-12-9-13-17-23/h8-17,20-21,24-27H,7,18-19H2,1-6H3,(H,32,36)(H,33,37)/t21-,24-,25-,26-,27-/m1/s1. The molecule has 0 saturated carbocycles. The maximum Gasteiger partial charge on any atom is 0.245 e. The van der Waals surface area contributed by atoms with Crippen molar-refractivity contribution in [2.45, 2.75) is 71.1 Å². The second kappa shape index (κ2) is 13.4. The molecule has 0 radical (unpaired) electrons. The molecule has 0 aromatic heterocycles. The fourth-order valence-corrected chi connectivity index (χ4v) is 4.93. The molecular weight excluding hydrogens is 492 g/mol. The molecule has 1 aliphatic heterocycles. The highest BCUT2D eigenvalue weighted by Gasteiger charge is 2.41. The lowest BCUT2D eigenvalue weighted by Crippen LogP contribution is -2.64. The Labute approximate surface area is 232 Å². The molecule has 2 N–H and O–H groups in total. The van der Waals surface area contributed by atoms with Crippen molar-refractivity contribution in [1.82, 2.24) is 20.4 Å². The minimum Gasteiger partial charge on any atom is -0.342 e. The summed E-state index contributed by atoms with van der Waals surface area (Å²) in [4.78, 5) is 58.2. The molecule has 0 aliphatic carbocycles. The highest BCUT2D eigenvalue weighted by molar-refractivity contribution is 5.97. The average molecular weight is 535 g/mol. The predicted octanol–water partition coefficient (Wildman–Crippen LogP) is 2.81. The van der Waals surface area contributed by atoms with Crippen LogP contribution in [-0.4, -0.2) is 71.7 Å². The number of benzene rings is 2. The number of rotatable bonds is 7. The van der Waals surface area contributed by atoms with Gasteiger partial charge in [-0.3, -0.25) is 19.2 Å². The summed E-state index contributed by atoms with van der Waals surface area (Å²) < 4.78 is 0. The van der Waals surface area contributed by atoms with E-state index >= 15 is 0 Å². The molecule has 39 heavy (non-hydrogen) atoms. The summed E-state index contributed by atoms with van der Waals surface area (Å²) in [5.41, 5.74) is 1.78. The first kappa shape index (κ1) is 29.9. The van der Waals surface area contributed by atoms with Crippen LogP contribution in [-0.2, 0) is 32.0 Å². The largest absolute Gasteiger partial charge is 0.342 e. The van der Waals surface area contributed by atoms with E-state index in [4.69, 9.17) is 0 Å². The van der Waals surface area contributed by atoms with Gasteiger partial charge in [0.15, 0.2) is 0 Å². The van der Waals surface area contributed by atoms with Crippen molar-refractivity contribution in [3.8, 4) is 0 Å². The second-order valence-corrected chi connectivity index (χ2v) is 10.9. The monoisotopic (exact) mass is 534 g/mol. The molecule has 4 amide bonds. The number of nitrogens with zero attached hydrogens (tertiary/aromatic N) is 2. The second-order valence-electron chi connectivity index (χ2n) is 10.9. The lowest BCUT2D eigenvalue weighted by Gasteiger charge is -2.38. The van der Waals surface area contributed by atoms with E-state index in [-0.39, 0.29) is 36.5 Å². The normalized spacial score (nSPS) is 24.1. The van der Waals surface area contributed by atoms with Crippen molar-refractivity contribution in [2.24, 2.45) is 11.8 Å². The summed E-state index contributed by atoms with van der Waals surface area (Å²) in [6, 6.07) is 15.5. The maximum atomic E-state index is 13.9. The van der Waals surface area contributed by atoms with Gasteiger partial charge in [0.2, 0.25) is 23.6 Å². The number of carbonyl (C=O) groups excluding carboxylic acids is 4. The van der Waals surface area contributed by atoms with Crippen molar-refractivity contribution in [1.29, 1.82) is 0 Å². The van der Waals surface area contributed by atoms with Crippen LogP contribution in [0.1, 0.15) is 45.2 Å². The van der Waals surface area contributed by atoms with Gasteiger partial charge in [0.1, 0.15) is 24.2 Å². The smallest absolute Gasteiger partial charge is 0.245 e. The van der Waals surface area contributed by atoms with E-state index in [2.05, 4.69) is 10.6 Å². The van der Waals surface area contributed by atoms with Crippen molar-refractivity contribution in [3.05, 3.63) is 71.8 Å². The first-order chi connectivity index (χ1) is 18.5. The van der Waals surface area contributed by atoms with Crippen molar-refractivity contribution in [2.75, 3.05) is 14.1 Å². The van der Waals surface area contributed by atoms with Crippen LogP contribution in [0, 0.1) is 11.8 Å². The zero-order valence-corrected chi connectivity index (χ0v) is 23.9. The van der Waals surface area contributed by atoms with Crippen LogP contribution in [0.2, 0.25) is 0 Å². The zero-order chi connectivity index (χ0) is 28.7. The van der Waals surface area contributed by atoms with Crippen LogP contribution in [0.3, 0.4) is 0 Å². The molecule has 3 rings (SSSR count). The highest BCUT2D eigenvalue weighted by atomic mass is 16.2. The minimum atomic E-state index is -0.861. The molecule has 1 heterocycles. The molecule has 8 heteroatoms. The van der Waals surface area contributed by atoms with E-state index in [0.717, 1.165) is 11.1 Å². The van der Waals surface area contributed by atoms with Gasteiger partial charge >= 0.3 is 0 Å². The molecule has 1 saturated heterocycles. The Morgan fingerprint density at radius 3 is 1.44 bits per heavy atom. The number of hydrogen-bond donors (Lipinski definition) is 2. The molecule has 0 unspecified atom stereocenters. The molecule has 1 fully saturated rings. The Morgan fingerprint density at radius 2 is 1.05 bits per heavy atom. The highest BCUT2D eigenvalue weighted by Crippen LogP contribution is 2.19. The minimum absolute atomic E-state index is 0.186. The third kappa shape index (κ3) is 7.25. The third-order valence-electron chi connectivity index (χ3n) is 7.79. The lowest BCUT2D eigenvalue weighted by molar-refractivity contribution is -0.148. The Hall–Kier alpha value is -3.68. The quantitative estimate of drug-likeness (QED) is 0.571. The summed E-state index contributed by atoms with van der Waals surface area (Å²) in [6.45, 7) is 7.58. The number of amides is 4.